The Morgan fingerprint density at radius 3 is 2.48 bits per heavy atom. The molecule has 0 fully saturated rings. The minimum atomic E-state index is -3.53. The van der Waals surface area contributed by atoms with Crippen LogP contribution in [-0.4, -0.2) is 37.2 Å². The van der Waals surface area contributed by atoms with Crippen molar-refractivity contribution in [3.8, 4) is 6.07 Å². The molecular weight excluding hydrogens is 326 g/mol. The van der Waals surface area contributed by atoms with Crippen molar-refractivity contribution in [1.82, 2.24) is 4.31 Å². The minimum absolute atomic E-state index is 0.0845. The van der Waals surface area contributed by atoms with Gasteiger partial charge >= 0.3 is 0 Å². The summed E-state index contributed by atoms with van der Waals surface area (Å²) in [5.41, 5.74) is -0.171. The minimum Gasteiger partial charge on any atom is -0.396 e. The van der Waals surface area contributed by atoms with E-state index in [2.05, 4.69) is 0 Å². The molecule has 0 amide bonds. The molecule has 23 heavy (non-hydrogen) atoms. The van der Waals surface area contributed by atoms with Crippen LogP contribution >= 0.6 is 0 Å². The standard InChI is InChI=1S/C15H20F2N2O3S/c1-3-6-19(23(2,21)22)9-12-7-15(17)13(8-14(12)16)11(10-20)4-5-18/h7-8,11,20H,3-4,6,9-10H2,1-2H3. The van der Waals surface area contributed by atoms with E-state index in [9.17, 15) is 22.3 Å². The van der Waals surface area contributed by atoms with E-state index in [1.54, 1.807) is 6.92 Å². The van der Waals surface area contributed by atoms with Crippen LogP contribution in [0.2, 0.25) is 0 Å². The number of halogens is 2. The summed E-state index contributed by atoms with van der Waals surface area (Å²) < 4.78 is 52.8. The average molecular weight is 346 g/mol. The van der Waals surface area contributed by atoms with Crippen LogP contribution in [0, 0.1) is 23.0 Å². The van der Waals surface area contributed by atoms with Crippen LogP contribution in [0.4, 0.5) is 8.78 Å². The molecule has 0 bridgehead atoms. The zero-order valence-corrected chi connectivity index (χ0v) is 13.9. The van der Waals surface area contributed by atoms with Gasteiger partial charge in [-0.05, 0) is 24.1 Å². The molecule has 128 valence electrons. The molecule has 0 spiro atoms. The van der Waals surface area contributed by atoms with Crippen LogP contribution < -0.4 is 0 Å². The highest BCUT2D eigenvalue weighted by Gasteiger charge is 2.22. The van der Waals surface area contributed by atoms with E-state index in [0.717, 1.165) is 22.7 Å². The molecule has 1 N–H and O–H groups in total. The van der Waals surface area contributed by atoms with Gasteiger partial charge in [0.05, 0.1) is 18.9 Å². The second kappa shape index (κ2) is 8.34. The summed E-state index contributed by atoms with van der Waals surface area (Å²) in [5, 5.41) is 17.9. The second-order valence-electron chi connectivity index (χ2n) is 5.30. The molecule has 1 atom stereocenters. The van der Waals surface area contributed by atoms with Crippen molar-refractivity contribution < 1.29 is 22.3 Å². The lowest BCUT2D eigenvalue weighted by atomic mass is 9.95. The number of aliphatic hydroxyl groups excluding tert-OH is 1. The van der Waals surface area contributed by atoms with Gasteiger partial charge in [0.2, 0.25) is 10.0 Å². The third-order valence-electron chi connectivity index (χ3n) is 3.45. The quantitative estimate of drug-likeness (QED) is 0.782. The van der Waals surface area contributed by atoms with Crippen LogP contribution in [0.1, 0.15) is 36.8 Å². The zero-order valence-electron chi connectivity index (χ0n) is 13.1. The SMILES string of the molecule is CCCN(Cc1cc(F)c(C(CO)CC#N)cc1F)S(C)(=O)=O. The normalized spacial score (nSPS) is 13.1. The Labute approximate surface area is 135 Å². The van der Waals surface area contributed by atoms with Gasteiger partial charge in [0.1, 0.15) is 11.6 Å². The van der Waals surface area contributed by atoms with E-state index in [0.29, 0.717) is 6.42 Å². The lowest BCUT2D eigenvalue weighted by Gasteiger charge is -2.20. The number of hydrogen-bond acceptors (Lipinski definition) is 4. The van der Waals surface area contributed by atoms with Crippen molar-refractivity contribution in [3.05, 3.63) is 34.9 Å². The lowest BCUT2D eigenvalue weighted by molar-refractivity contribution is 0.263. The fourth-order valence-electron chi connectivity index (χ4n) is 2.22. The Morgan fingerprint density at radius 2 is 2.00 bits per heavy atom. The maximum atomic E-state index is 14.2. The van der Waals surface area contributed by atoms with Gasteiger partial charge in [0.25, 0.3) is 0 Å². The number of benzene rings is 1. The summed E-state index contributed by atoms with van der Waals surface area (Å²) in [7, 11) is -3.53. The number of nitrogens with zero attached hydrogens (tertiary/aromatic N) is 2. The molecule has 1 rings (SSSR count). The largest absolute Gasteiger partial charge is 0.396 e. The third kappa shape index (κ3) is 5.23. The molecular formula is C15H20F2N2O3S. The molecule has 0 heterocycles. The highest BCUT2D eigenvalue weighted by molar-refractivity contribution is 7.88. The highest BCUT2D eigenvalue weighted by Crippen LogP contribution is 2.26. The lowest BCUT2D eigenvalue weighted by Crippen LogP contribution is -2.30. The van der Waals surface area contributed by atoms with Crippen molar-refractivity contribution in [3.63, 3.8) is 0 Å². The molecule has 0 radical (unpaired) electrons. The second-order valence-corrected chi connectivity index (χ2v) is 7.29. The first-order valence-electron chi connectivity index (χ1n) is 7.15. The van der Waals surface area contributed by atoms with Crippen molar-refractivity contribution in [2.45, 2.75) is 32.2 Å². The zero-order chi connectivity index (χ0) is 17.6. The first-order chi connectivity index (χ1) is 10.7. The van der Waals surface area contributed by atoms with Gasteiger partial charge in [0.15, 0.2) is 0 Å². The number of hydrogen-bond donors (Lipinski definition) is 1. The maximum absolute atomic E-state index is 14.2. The van der Waals surface area contributed by atoms with E-state index in [4.69, 9.17) is 5.26 Å². The molecule has 0 aliphatic carbocycles. The predicted octanol–water partition coefficient (Wildman–Crippen LogP) is 2.13. The van der Waals surface area contributed by atoms with Crippen molar-refractivity contribution in [1.29, 1.82) is 5.26 Å². The van der Waals surface area contributed by atoms with Gasteiger partial charge in [-0.25, -0.2) is 17.2 Å². The van der Waals surface area contributed by atoms with Crippen molar-refractivity contribution in [2.24, 2.45) is 0 Å². The monoisotopic (exact) mass is 346 g/mol. The highest BCUT2D eigenvalue weighted by atomic mass is 32.2. The molecule has 5 nitrogen and oxygen atoms in total. The van der Waals surface area contributed by atoms with Crippen LogP contribution in [0.15, 0.2) is 12.1 Å². The molecule has 0 aliphatic heterocycles. The Balaban J connectivity index is 3.16. The maximum Gasteiger partial charge on any atom is 0.211 e. The Bertz CT molecular complexity index is 687. The summed E-state index contributed by atoms with van der Waals surface area (Å²) >= 11 is 0. The fraction of sp³-hybridized carbons (Fsp3) is 0.533. The van der Waals surface area contributed by atoms with Crippen molar-refractivity contribution in [2.75, 3.05) is 19.4 Å². The summed E-state index contributed by atoms with van der Waals surface area (Å²) in [6, 6.07) is 3.67. The van der Waals surface area contributed by atoms with Gasteiger partial charge in [-0.2, -0.15) is 9.57 Å². The molecule has 0 aliphatic rings. The topological polar surface area (TPSA) is 81.4 Å². The van der Waals surface area contributed by atoms with E-state index in [-0.39, 0.29) is 30.6 Å². The number of rotatable bonds is 8. The van der Waals surface area contributed by atoms with Gasteiger partial charge in [0, 0.05) is 31.0 Å². The number of nitriles is 1. The Hall–Kier alpha value is -1.56. The number of sulfonamides is 1. The summed E-state index contributed by atoms with van der Waals surface area (Å²) in [5.74, 6) is -2.34. The van der Waals surface area contributed by atoms with E-state index >= 15 is 0 Å². The van der Waals surface area contributed by atoms with Gasteiger partial charge < -0.3 is 5.11 Å². The summed E-state index contributed by atoms with van der Waals surface area (Å²) in [6.07, 6.45) is 1.42. The van der Waals surface area contributed by atoms with Crippen LogP contribution in [0.25, 0.3) is 0 Å². The molecule has 0 saturated heterocycles. The molecule has 1 aromatic carbocycles. The molecule has 0 aromatic heterocycles. The summed E-state index contributed by atoms with van der Waals surface area (Å²) in [4.78, 5) is 0. The van der Waals surface area contributed by atoms with Gasteiger partial charge in [-0.1, -0.05) is 6.92 Å². The average Bonchev–Trinajstić information content (AvgIpc) is 2.47. The van der Waals surface area contributed by atoms with Crippen LogP contribution in [0.3, 0.4) is 0 Å². The molecule has 1 aromatic rings. The summed E-state index contributed by atoms with van der Waals surface area (Å²) in [6.45, 7) is 1.24. The van der Waals surface area contributed by atoms with Gasteiger partial charge in [-0.3, -0.25) is 0 Å². The van der Waals surface area contributed by atoms with Gasteiger partial charge in [-0.15, -0.1) is 0 Å². The third-order valence-corrected chi connectivity index (χ3v) is 4.70. The molecule has 1 unspecified atom stereocenters. The Kier molecular flexibility index (Phi) is 7.06. The first kappa shape index (κ1) is 19.5. The van der Waals surface area contributed by atoms with Crippen LogP contribution in [-0.2, 0) is 16.6 Å². The molecule has 0 saturated carbocycles. The van der Waals surface area contributed by atoms with Crippen molar-refractivity contribution >= 4 is 10.0 Å². The fourth-order valence-corrected chi connectivity index (χ4v) is 3.11. The smallest absolute Gasteiger partial charge is 0.211 e. The molecule has 8 heteroatoms. The van der Waals surface area contributed by atoms with E-state index in [1.165, 1.54) is 0 Å². The van der Waals surface area contributed by atoms with Crippen LogP contribution in [0.5, 0.6) is 0 Å². The first-order valence-corrected chi connectivity index (χ1v) is 9.00. The number of aliphatic hydroxyl groups is 1. The Morgan fingerprint density at radius 1 is 1.35 bits per heavy atom. The van der Waals surface area contributed by atoms with E-state index < -0.39 is 34.2 Å². The van der Waals surface area contributed by atoms with E-state index in [1.807, 2.05) is 6.07 Å². The predicted molar refractivity (Wildman–Crippen MR) is 82.0 cm³/mol.